The quantitative estimate of drug-likeness (QED) is 0.788. The van der Waals surface area contributed by atoms with Crippen molar-refractivity contribution in [2.45, 2.75) is 70.4 Å². The van der Waals surface area contributed by atoms with Crippen LogP contribution in [0.4, 0.5) is 0 Å². The lowest BCUT2D eigenvalue weighted by atomic mass is 10.1. The van der Waals surface area contributed by atoms with E-state index in [2.05, 4.69) is 15.5 Å². The molecule has 3 heteroatoms. The minimum Gasteiger partial charge on any atom is -0.308 e. The van der Waals surface area contributed by atoms with Crippen LogP contribution in [-0.2, 0) is 19.4 Å². The molecule has 94 valence electrons. The molecule has 0 aliphatic heterocycles. The van der Waals surface area contributed by atoms with Gasteiger partial charge < -0.3 is 5.32 Å². The summed E-state index contributed by atoms with van der Waals surface area (Å²) in [5.41, 5.74) is 4.22. The number of aryl methyl sites for hydroxylation is 1. The Balaban J connectivity index is 1.64. The summed E-state index contributed by atoms with van der Waals surface area (Å²) >= 11 is 0. The summed E-state index contributed by atoms with van der Waals surface area (Å²) in [5, 5.41) is 11.4. The van der Waals surface area contributed by atoms with Gasteiger partial charge in [0.25, 0.3) is 0 Å². The van der Waals surface area contributed by atoms with Crippen LogP contribution in [0, 0.1) is 0 Å². The monoisotopic (exact) mass is 233 g/mol. The lowest BCUT2D eigenvalue weighted by Crippen LogP contribution is -2.25. The third-order valence-corrected chi connectivity index (χ3v) is 4.31. The predicted molar refractivity (Wildman–Crippen MR) is 68.9 cm³/mol. The molecule has 1 aromatic heterocycles. The second-order valence-corrected chi connectivity index (χ2v) is 5.55. The fourth-order valence-electron chi connectivity index (χ4n) is 3.24. The summed E-state index contributed by atoms with van der Waals surface area (Å²) in [4.78, 5) is 0. The van der Waals surface area contributed by atoms with Crippen molar-refractivity contribution in [1.29, 1.82) is 0 Å². The molecule has 3 rings (SSSR count). The van der Waals surface area contributed by atoms with Crippen molar-refractivity contribution in [3.05, 3.63) is 17.0 Å². The zero-order valence-corrected chi connectivity index (χ0v) is 10.6. The summed E-state index contributed by atoms with van der Waals surface area (Å²) in [7, 11) is 0. The van der Waals surface area contributed by atoms with Crippen LogP contribution in [0.3, 0.4) is 0 Å². The molecular formula is C14H23N3. The summed E-state index contributed by atoms with van der Waals surface area (Å²) < 4.78 is 0. The Morgan fingerprint density at radius 3 is 2.76 bits per heavy atom. The zero-order valence-electron chi connectivity index (χ0n) is 10.6. The van der Waals surface area contributed by atoms with Crippen molar-refractivity contribution in [3.63, 3.8) is 0 Å². The first kappa shape index (κ1) is 11.3. The van der Waals surface area contributed by atoms with Crippen LogP contribution in [0.1, 0.15) is 61.9 Å². The molecule has 1 fully saturated rings. The second kappa shape index (κ2) is 5.21. The van der Waals surface area contributed by atoms with Crippen LogP contribution >= 0.6 is 0 Å². The van der Waals surface area contributed by atoms with E-state index in [-0.39, 0.29) is 0 Å². The average molecular weight is 233 g/mol. The van der Waals surface area contributed by atoms with E-state index in [1.807, 2.05) is 0 Å². The molecule has 0 saturated heterocycles. The van der Waals surface area contributed by atoms with Crippen LogP contribution in [-0.4, -0.2) is 16.2 Å². The predicted octanol–water partition coefficient (Wildman–Crippen LogP) is 2.71. The molecule has 1 saturated carbocycles. The Kier molecular flexibility index (Phi) is 3.46. The highest BCUT2D eigenvalue weighted by atomic mass is 15.1. The van der Waals surface area contributed by atoms with E-state index in [1.165, 1.54) is 74.7 Å². The van der Waals surface area contributed by atoms with Gasteiger partial charge >= 0.3 is 0 Å². The van der Waals surface area contributed by atoms with Crippen molar-refractivity contribution in [1.82, 2.24) is 15.5 Å². The number of nitrogens with zero attached hydrogens (tertiary/aromatic N) is 1. The third kappa shape index (κ3) is 2.54. The third-order valence-electron chi connectivity index (χ3n) is 4.31. The van der Waals surface area contributed by atoms with Crippen LogP contribution in [0.5, 0.6) is 0 Å². The van der Waals surface area contributed by atoms with E-state index in [9.17, 15) is 0 Å². The van der Waals surface area contributed by atoms with Gasteiger partial charge in [-0.25, -0.2) is 0 Å². The van der Waals surface area contributed by atoms with Crippen LogP contribution in [0.25, 0.3) is 0 Å². The summed E-state index contributed by atoms with van der Waals surface area (Å²) in [5.74, 6) is 0. The van der Waals surface area contributed by atoms with Gasteiger partial charge in [-0.15, -0.1) is 0 Å². The number of aromatic nitrogens is 2. The molecule has 0 spiro atoms. The Labute approximate surface area is 103 Å². The van der Waals surface area contributed by atoms with Gasteiger partial charge in [-0.1, -0.05) is 19.3 Å². The molecule has 2 N–H and O–H groups in total. The van der Waals surface area contributed by atoms with Gasteiger partial charge in [-0.2, -0.15) is 5.10 Å². The molecule has 0 bridgehead atoms. The van der Waals surface area contributed by atoms with E-state index < -0.39 is 0 Å². The number of fused-ring (bicyclic) bond motifs is 1. The smallest absolute Gasteiger partial charge is 0.0794 e. The molecular weight excluding hydrogens is 210 g/mol. The summed E-state index contributed by atoms with van der Waals surface area (Å²) in [6, 6.07) is 0.744. The molecule has 17 heavy (non-hydrogen) atoms. The minimum absolute atomic E-state index is 0.744. The Morgan fingerprint density at radius 1 is 1.06 bits per heavy atom. The van der Waals surface area contributed by atoms with Crippen molar-refractivity contribution < 1.29 is 0 Å². The molecule has 0 unspecified atom stereocenters. The fraction of sp³-hybridized carbons (Fsp3) is 0.786. The van der Waals surface area contributed by atoms with Gasteiger partial charge in [0.1, 0.15) is 0 Å². The number of hydrogen-bond donors (Lipinski definition) is 2. The normalized spacial score (nSPS) is 21.4. The lowest BCUT2D eigenvalue weighted by Gasteiger charge is -2.11. The largest absolute Gasteiger partial charge is 0.308 e. The molecule has 3 nitrogen and oxygen atoms in total. The van der Waals surface area contributed by atoms with E-state index in [1.54, 1.807) is 0 Å². The molecule has 0 radical (unpaired) electrons. The maximum atomic E-state index is 4.51. The van der Waals surface area contributed by atoms with Gasteiger partial charge in [0.15, 0.2) is 0 Å². The SMILES string of the molecule is C1CCc2[nH]nc(CNC3CCCC3)c2CC1. The number of aromatic amines is 1. The molecule has 0 atom stereocenters. The second-order valence-electron chi connectivity index (χ2n) is 5.55. The van der Waals surface area contributed by atoms with E-state index >= 15 is 0 Å². The number of rotatable bonds is 3. The van der Waals surface area contributed by atoms with Crippen molar-refractivity contribution in [3.8, 4) is 0 Å². The van der Waals surface area contributed by atoms with Gasteiger partial charge in [0, 0.05) is 18.3 Å². The molecule has 0 aromatic carbocycles. The zero-order chi connectivity index (χ0) is 11.5. The fourth-order valence-corrected chi connectivity index (χ4v) is 3.24. The van der Waals surface area contributed by atoms with Crippen molar-refractivity contribution in [2.24, 2.45) is 0 Å². The van der Waals surface area contributed by atoms with Crippen molar-refractivity contribution in [2.75, 3.05) is 0 Å². The van der Waals surface area contributed by atoms with Gasteiger partial charge in [0.05, 0.1) is 5.69 Å². The highest BCUT2D eigenvalue weighted by Crippen LogP contribution is 2.22. The summed E-state index contributed by atoms with van der Waals surface area (Å²) in [6.45, 7) is 0.969. The maximum Gasteiger partial charge on any atom is 0.0794 e. The first-order valence-corrected chi connectivity index (χ1v) is 7.22. The van der Waals surface area contributed by atoms with Gasteiger partial charge in [-0.05, 0) is 44.1 Å². The summed E-state index contributed by atoms with van der Waals surface area (Å²) in [6.07, 6.45) is 12.0. The standard InChI is InChI=1S/C14H23N3/c1-2-8-12-13(9-3-1)16-17-14(12)10-15-11-6-4-5-7-11/h11,15H,1-10H2,(H,16,17). The van der Waals surface area contributed by atoms with Crippen molar-refractivity contribution >= 4 is 0 Å². The number of hydrogen-bond acceptors (Lipinski definition) is 2. The first-order chi connectivity index (χ1) is 8.43. The lowest BCUT2D eigenvalue weighted by molar-refractivity contribution is 0.517. The molecule has 2 aliphatic carbocycles. The minimum atomic E-state index is 0.744. The molecule has 2 aliphatic rings. The number of nitrogens with one attached hydrogen (secondary N) is 2. The van der Waals surface area contributed by atoms with Crippen LogP contribution < -0.4 is 5.32 Å². The Hall–Kier alpha value is -0.830. The molecule has 1 aromatic rings. The highest BCUT2D eigenvalue weighted by molar-refractivity contribution is 5.26. The van der Waals surface area contributed by atoms with Crippen LogP contribution in [0.2, 0.25) is 0 Å². The van der Waals surface area contributed by atoms with Gasteiger partial charge in [0.2, 0.25) is 0 Å². The van der Waals surface area contributed by atoms with Crippen LogP contribution in [0.15, 0.2) is 0 Å². The average Bonchev–Trinajstić information content (AvgIpc) is 2.92. The molecule has 0 amide bonds. The maximum absolute atomic E-state index is 4.51. The number of H-pyrrole nitrogens is 1. The van der Waals surface area contributed by atoms with E-state index in [0.717, 1.165) is 12.6 Å². The topological polar surface area (TPSA) is 40.7 Å². The Bertz CT molecular complexity index is 364. The van der Waals surface area contributed by atoms with E-state index in [4.69, 9.17) is 0 Å². The Morgan fingerprint density at radius 2 is 1.88 bits per heavy atom. The first-order valence-electron chi connectivity index (χ1n) is 7.22. The molecule has 1 heterocycles. The van der Waals surface area contributed by atoms with E-state index in [0.29, 0.717) is 0 Å². The highest BCUT2D eigenvalue weighted by Gasteiger charge is 2.18. The van der Waals surface area contributed by atoms with Gasteiger partial charge in [-0.3, -0.25) is 5.10 Å².